The van der Waals surface area contributed by atoms with Gasteiger partial charge >= 0.3 is 0 Å². The zero-order chi connectivity index (χ0) is 14.4. The van der Waals surface area contributed by atoms with E-state index in [1.54, 1.807) is 6.92 Å². The Kier molecular flexibility index (Phi) is 5.79. The van der Waals surface area contributed by atoms with Crippen LogP contribution in [0.1, 0.15) is 26.2 Å². The maximum Gasteiger partial charge on any atom is 0.236 e. The highest BCUT2D eigenvalue weighted by atomic mass is 16.2. The molecule has 0 saturated carbocycles. The Morgan fingerprint density at radius 2 is 1.90 bits per heavy atom. The normalized spacial score (nSPS) is 22.4. The van der Waals surface area contributed by atoms with Gasteiger partial charge in [0.15, 0.2) is 0 Å². The Morgan fingerprint density at radius 3 is 2.60 bits per heavy atom. The van der Waals surface area contributed by atoms with E-state index < -0.39 is 0 Å². The minimum atomic E-state index is 0.0202. The van der Waals surface area contributed by atoms with Gasteiger partial charge in [-0.05, 0) is 32.4 Å². The molecule has 0 aliphatic carbocycles. The molecule has 2 amide bonds. The number of carbonyl (C=O) groups excluding carboxylic acids is 2. The smallest absolute Gasteiger partial charge is 0.236 e. The Bertz CT molecular complexity index is 332. The van der Waals surface area contributed by atoms with Gasteiger partial charge in [-0.2, -0.15) is 0 Å². The van der Waals surface area contributed by atoms with Crippen LogP contribution >= 0.6 is 0 Å². The molecule has 2 aliphatic heterocycles. The molecule has 0 atom stereocenters. The monoisotopic (exact) mass is 282 g/mol. The third-order valence-electron chi connectivity index (χ3n) is 4.05. The van der Waals surface area contributed by atoms with Crippen molar-refractivity contribution in [2.24, 2.45) is 0 Å². The molecule has 20 heavy (non-hydrogen) atoms. The largest absolute Gasteiger partial charge is 0.353 e. The van der Waals surface area contributed by atoms with Crippen molar-refractivity contribution in [3.8, 4) is 0 Å². The summed E-state index contributed by atoms with van der Waals surface area (Å²) in [5.74, 6) is 0.250. The van der Waals surface area contributed by atoms with Gasteiger partial charge in [0, 0.05) is 39.1 Å². The Hall–Kier alpha value is -1.14. The lowest BCUT2D eigenvalue weighted by Gasteiger charge is -2.33. The Balaban J connectivity index is 1.72. The van der Waals surface area contributed by atoms with E-state index in [0.29, 0.717) is 6.54 Å². The third kappa shape index (κ3) is 4.76. The second-order valence-electron chi connectivity index (χ2n) is 5.74. The first-order valence-corrected chi connectivity index (χ1v) is 7.63. The van der Waals surface area contributed by atoms with E-state index in [9.17, 15) is 9.59 Å². The van der Waals surface area contributed by atoms with Gasteiger partial charge < -0.3 is 15.5 Å². The lowest BCUT2D eigenvalue weighted by atomic mass is 10.0. The highest BCUT2D eigenvalue weighted by Crippen LogP contribution is 2.11. The van der Waals surface area contributed by atoms with Crippen LogP contribution < -0.4 is 10.6 Å². The molecule has 114 valence electrons. The molecular weight excluding hydrogens is 256 g/mol. The number of rotatable bonds is 3. The zero-order valence-electron chi connectivity index (χ0n) is 12.4. The number of amides is 2. The number of piperidine rings is 1. The summed E-state index contributed by atoms with van der Waals surface area (Å²) >= 11 is 0. The number of hydrogen-bond donors (Lipinski definition) is 2. The van der Waals surface area contributed by atoms with Gasteiger partial charge in [0.05, 0.1) is 6.54 Å². The number of nitrogens with one attached hydrogen (secondary N) is 2. The molecule has 2 N–H and O–H groups in total. The van der Waals surface area contributed by atoms with E-state index in [0.717, 1.165) is 58.5 Å². The zero-order valence-corrected chi connectivity index (χ0v) is 12.4. The molecule has 6 heteroatoms. The fraction of sp³-hybridized carbons (Fsp3) is 0.857. The topological polar surface area (TPSA) is 64.7 Å². The summed E-state index contributed by atoms with van der Waals surface area (Å²) in [7, 11) is 0. The van der Waals surface area contributed by atoms with E-state index in [1.807, 2.05) is 4.90 Å². The number of carbonyl (C=O) groups is 2. The predicted octanol–water partition coefficient (Wildman–Crippen LogP) is -0.591. The SMILES string of the molecule is CC(=O)NC1CCN(C(=O)CN2CCCNCC2)CC1. The molecule has 0 aromatic heterocycles. The summed E-state index contributed by atoms with van der Waals surface area (Å²) in [6.07, 6.45) is 2.84. The molecule has 0 radical (unpaired) electrons. The fourth-order valence-corrected chi connectivity index (χ4v) is 2.91. The van der Waals surface area contributed by atoms with Crippen LogP contribution in [0.3, 0.4) is 0 Å². The second-order valence-corrected chi connectivity index (χ2v) is 5.74. The molecule has 2 aliphatic rings. The number of nitrogens with zero attached hydrogens (tertiary/aromatic N) is 2. The first-order chi connectivity index (χ1) is 9.65. The third-order valence-corrected chi connectivity index (χ3v) is 4.05. The fourth-order valence-electron chi connectivity index (χ4n) is 2.91. The van der Waals surface area contributed by atoms with Crippen LogP contribution in [-0.4, -0.2) is 73.5 Å². The molecule has 2 heterocycles. The van der Waals surface area contributed by atoms with Crippen LogP contribution in [0.25, 0.3) is 0 Å². The lowest BCUT2D eigenvalue weighted by Crippen LogP contribution is -2.49. The summed E-state index contributed by atoms with van der Waals surface area (Å²) in [4.78, 5) is 27.5. The van der Waals surface area contributed by atoms with Gasteiger partial charge in [-0.25, -0.2) is 0 Å². The highest BCUT2D eigenvalue weighted by molar-refractivity contribution is 5.78. The lowest BCUT2D eigenvalue weighted by molar-refractivity contribution is -0.133. The van der Waals surface area contributed by atoms with E-state index in [2.05, 4.69) is 15.5 Å². The molecule has 0 spiro atoms. The van der Waals surface area contributed by atoms with E-state index in [4.69, 9.17) is 0 Å². The summed E-state index contributed by atoms with van der Waals surface area (Å²) in [5, 5.41) is 6.28. The van der Waals surface area contributed by atoms with Crippen LogP contribution in [-0.2, 0) is 9.59 Å². The quantitative estimate of drug-likeness (QED) is 0.726. The maximum atomic E-state index is 12.3. The first kappa shape index (κ1) is 15.3. The van der Waals surface area contributed by atoms with Crippen LogP contribution in [0.15, 0.2) is 0 Å². The van der Waals surface area contributed by atoms with Crippen molar-refractivity contribution in [1.29, 1.82) is 0 Å². The summed E-state index contributed by atoms with van der Waals surface area (Å²) < 4.78 is 0. The van der Waals surface area contributed by atoms with Crippen LogP contribution in [0.5, 0.6) is 0 Å². The standard InChI is InChI=1S/C14H26N4O2/c1-12(19)16-13-3-8-18(9-4-13)14(20)11-17-7-2-5-15-6-10-17/h13,15H,2-11H2,1H3,(H,16,19). The minimum absolute atomic E-state index is 0.0202. The summed E-state index contributed by atoms with van der Waals surface area (Å²) in [6.45, 7) is 7.57. The summed E-state index contributed by atoms with van der Waals surface area (Å²) in [6, 6.07) is 0.235. The molecule has 6 nitrogen and oxygen atoms in total. The average Bonchev–Trinajstić information content (AvgIpc) is 2.67. The molecule has 0 aromatic carbocycles. The van der Waals surface area contributed by atoms with Crippen molar-refractivity contribution in [2.75, 3.05) is 45.8 Å². The van der Waals surface area contributed by atoms with Gasteiger partial charge in [-0.3, -0.25) is 14.5 Å². The van der Waals surface area contributed by atoms with Gasteiger partial charge in [-0.15, -0.1) is 0 Å². The van der Waals surface area contributed by atoms with Crippen LogP contribution in [0.4, 0.5) is 0 Å². The van der Waals surface area contributed by atoms with Crippen molar-refractivity contribution >= 4 is 11.8 Å². The van der Waals surface area contributed by atoms with Crippen molar-refractivity contribution in [2.45, 2.75) is 32.2 Å². The predicted molar refractivity (Wildman–Crippen MR) is 77.3 cm³/mol. The van der Waals surface area contributed by atoms with Gasteiger partial charge in [0.25, 0.3) is 0 Å². The van der Waals surface area contributed by atoms with Crippen LogP contribution in [0.2, 0.25) is 0 Å². The molecule has 2 fully saturated rings. The molecule has 0 aromatic rings. The van der Waals surface area contributed by atoms with E-state index in [1.165, 1.54) is 0 Å². The van der Waals surface area contributed by atoms with Gasteiger partial charge in [-0.1, -0.05) is 0 Å². The second kappa shape index (κ2) is 7.59. The summed E-state index contributed by atoms with van der Waals surface area (Å²) in [5.41, 5.74) is 0. The Morgan fingerprint density at radius 1 is 1.15 bits per heavy atom. The van der Waals surface area contributed by atoms with Crippen molar-refractivity contribution < 1.29 is 9.59 Å². The molecule has 2 saturated heterocycles. The molecule has 2 rings (SSSR count). The Labute approximate surface area is 120 Å². The first-order valence-electron chi connectivity index (χ1n) is 7.63. The average molecular weight is 282 g/mol. The van der Waals surface area contributed by atoms with Crippen LogP contribution in [0, 0.1) is 0 Å². The van der Waals surface area contributed by atoms with E-state index in [-0.39, 0.29) is 17.9 Å². The van der Waals surface area contributed by atoms with Gasteiger partial charge in [0.2, 0.25) is 11.8 Å². The molecule has 0 bridgehead atoms. The van der Waals surface area contributed by atoms with Crippen molar-refractivity contribution in [3.63, 3.8) is 0 Å². The van der Waals surface area contributed by atoms with Crippen molar-refractivity contribution in [1.82, 2.24) is 20.4 Å². The van der Waals surface area contributed by atoms with Gasteiger partial charge in [0.1, 0.15) is 0 Å². The minimum Gasteiger partial charge on any atom is -0.353 e. The van der Waals surface area contributed by atoms with Crippen molar-refractivity contribution in [3.05, 3.63) is 0 Å². The molecular formula is C14H26N4O2. The number of likely N-dealkylation sites (tertiary alicyclic amines) is 1. The number of hydrogen-bond acceptors (Lipinski definition) is 4. The molecule has 0 unspecified atom stereocenters. The maximum absolute atomic E-state index is 12.3. The highest BCUT2D eigenvalue weighted by Gasteiger charge is 2.24. The van der Waals surface area contributed by atoms with E-state index >= 15 is 0 Å².